The molecule has 3 aromatic rings. The summed E-state index contributed by atoms with van der Waals surface area (Å²) in [6.45, 7) is 0.494. The molecule has 12 heteroatoms. The van der Waals surface area contributed by atoms with Crippen LogP contribution in [-0.2, 0) is 24.2 Å². The number of carbonyl (C=O) groups excluding carboxylic acids is 2. The van der Waals surface area contributed by atoms with Crippen LogP contribution in [0.2, 0.25) is 0 Å². The quantitative estimate of drug-likeness (QED) is 0.240. The second-order valence-electron chi connectivity index (χ2n) is 10.7. The summed E-state index contributed by atoms with van der Waals surface area (Å²) < 4.78 is 42.0. The molecule has 0 aromatic heterocycles. The third kappa shape index (κ3) is 6.47. The van der Waals surface area contributed by atoms with E-state index in [0.29, 0.717) is 18.0 Å². The molecule has 2 aliphatic rings. The summed E-state index contributed by atoms with van der Waals surface area (Å²) in [6, 6.07) is 29.0. The Morgan fingerprint density at radius 3 is 1.98 bits per heavy atom. The first kappa shape index (κ1) is 31.6. The van der Waals surface area contributed by atoms with E-state index in [1.807, 2.05) is 18.2 Å². The normalized spacial score (nSPS) is 18.9. The minimum atomic E-state index is -4.99. The van der Waals surface area contributed by atoms with E-state index in [1.165, 1.54) is 27.9 Å². The number of amides is 3. The molecule has 1 fully saturated rings. The summed E-state index contributed by atoms with van der Waals surface area (Å²) in [5, 5.41) is 4.26. The van der Waals surface area contributed by atoms with Crippen molar-refractivity contribution in [2.24, 2.45) is 0 Å². The van der Waals surface area contributed by atoms with E-state index in [1.54, 1.807) is 18.0 Å². The van der Waals surface area contributed by atoms with E-state index < -0.39 is 35.8 Å². The number of carbonyl (C=O) groups is 2. The maximum atomic E-state index is 13.7. The van der Waals surface area contributed by atoms with Crippen LogP contribution in [0.15, 0.2) is 115 Å². The van der Waals surface area contributed by atoms with Gasteiger partial charge in [-0.15, -0.1) is 0 Å². The van der Waals surface area contributed by atoms with Crippen LogP contribution in [-0.4, -0.2) is 85.7 Å². The van der Waals surface area contributed by atoms with Gasteiger partial charge in [-0.3, -0.25) is 0 Å². The summed E-state index contributed by atoms with van der Waals surface area (Å²) in [5.41, 5.74) is 0.200. The number of urea groups is 1. The van der Waals surface area contributed by atoms with Gasteiger partial charge in [-0.05, 0) is 0 Å². The van der Waals surface area contributed by atoms with E-state index in [4.69, 9.17) is 4.74 Å². The first-order chi connectivity index (χ1) is 21.2. The van der Waals surface area contributed by atoms with Crippen molar-refractivity contribution in [1.82, 2.24) is 14.9 Å². The molecule has 10 nitrogen and oxygen atoms in total. The molecule has 3 amide bonds. The van der Waals surface area contributed by atoms with Crippen LogP contribution in [0.25, 0.3) is 0 Å². The number of rotatable bonds is 12. The predicted octanol–water partition coefficient (Wildman–Crippen LogP) is 2.87. The van der Waals surface area contributed by atoms with Crippen molar-refractivity contribution in [3.63, 3.8) is 0 Å². The van der Waals surface area contributed by atoms with Crippen molar-refractivity contribution < 1.29 is 31.6 Å². The average molecular weight is 638 g/mol. The number of ether oxygens (including phenoxy) is 1. The van der Waals surface area contributed by atoms with Crippen molar-refractivity contribution >= 4 is 45.5 Å². The second kappa shape index (κ2) is 13.4. The van der Waals surface area contributed by atoms with Crippen LogP contribution < -0.4 is 15.9 Å². The van der Waals surface area contributed by atoms with E-state index in [-0.39, 0.29) is 24.6 Å². The van der Waals surface area contributed by atoms with Gasteiger partial charge in [0.2, 0.25) is 0 Å². The molecule has 2 heterocycles. The Balaban J connectivity index is 1.40. The zero-order valence-electron chi connectivity index (χ0n) is 24.5. The number of hydrogen-bond donors (Lipinski definition) is 1. The molecular weight excluding hydrogens is 601 g/mol. The average Bonchev–Trinajstić information content (AvgIpc) is 3.29. The van der Waals surface area contributed by atoms with Gasteiger partial charge in [0.05, 0.1) is 0 Å². The van der Waals surface area contributed by atoms with E-state index >= 15 is 0 Å². The molecule has 2 atom stereocenters. The van der Waals surface area contributed by atoms with E-state index in [9.17, 15) is 22.6 Å². The fourth-order valence-corrected chi connectivity index (χ4v) is 10.6. The van der Waals surface area contributed by atoms with Gasteiger partial charge in [0.25, 0.3) is 0 Å². The van der Waals surface area contributed by atoms with Crippen LogP contribution in [0.4, 0.5) is 4.79 Å². The number of benzene rings is 3. The predicted molar refractivity (Wildman–Crippen MR) is 172 cm³/mol. The van der Waals surface area contributed by atoms with Crippen LogP contribution in [0.3, 0.4) is 0 Å². The SMILES string of the molecule is COC[C@@H]1C=C(C(=O)N(C)CC/C=C/[PH](c2ccccc2)(c2ccccc2)c2ccccc2)[C@@H]2CN1C(=O)N2OS(=O)(=O)O. The van der Waals surface area contributed by atoms with Gasteiger partial charge in [-0.2, -0.15) is 0 Å². The first-order valence-electron chi connectivity index (χ1n) is 14.2. The summed E-state index contributed by atoms with van der Waals surface area (Å²) in [7, 11) is -4.44. The number of methoxy groups -OCH3 is 1. The molecule has 1 N–H and O–H groups in total. The van der Waals surface area contributed by atoms with Gasteiger partial charge >= 0.3 is 259 Å². The minimum absolute atomic E-state index is 0.0209. The van der Waals surface area contributed by atoms with E-state index in [2.05, 4.69) is 89.0 Å². The molecule has 0 aliphatic carbocycles. The fraction of sp³-hybridized carbons (Fsp3) is 0.250. The third-order valence-corrected chi connectivity index (χ3v) is 12.8. The van der Waals surface area contributed by atoms with Crippen molar-refractivity contribution in [3.05, 3.63) is 115 Å². The maximum absolute atomic E-state index is 13.7. The molecule has 232 valence electrons. The summed E-state index contributed by atoms with van der Waals surface area (Å²) >= 11 is 0. The van der Waals surface area contributed by atoms with Crippen molar-refractivity contribution in [2.45, 2.75) is 18.5 Å². The number of nitrogens with zero attached hydrogens (tertiary/aromatic N) is 3. The molecule has 3 aromatic carbocycles. The van der Waals surface area contributed by atoms with Crippen molar-refractivity contribution in [1.29, 1.82) is 0 Å². The molecule has 0 unspecified atom stereocenters. The molecule has 1 saturated heterocycles. The molecule has 2 bridgehead atoms. The Morgan fingerprint density at radius 1 is 0.977 bits per heavy atom. The Kier molecular flexibility index (Phi) is 9.62. The molecular formula is C32H36N3O7PS. The Labute approximate surface area is 258 Å². The fourth-order valence-electron chi connectivity index (χ4n) is 5.96. The van der Waals surface area contributed by atoms with Gasteiger partial charge < -0.3 is 0 Å². The topological polar surface area (TPSA) is 117 Å². The standard InChI is InChI=1S/C32H36N3O7PS/c1-33(31(36)29-22-25(24-41-2)34-23-30(29)35(32(34)37)42-44(38,39)40)20-12-13-21-43(26-14-6-3-7-15-26,27-16-8-4-9-17-27)28-18-10-5-11-19-28/h3-11,13-19,21-22,25,30,43H,12,20,23-24H2,1-2H3,(H,38,39,40)/b21-13+/t25-,30-/m0/s1. The molecule has 0 saturated carbocycles. The van der Waals surface area contributed by atoms with Crippen molar-refractivity contribution in [3.8, 4) is 0 Å². The Bertz CT molecular complexity index is 1540. The van der Waals surface area contributed by atoms with Gasteiger partial charge in [-0.1, -0.05) is 0 Å². The Hall–Kier alpha value is -3.86. The molecule has 0 radical (unpaired) electrons. The van der Waals surface area contributed by atoms with E-state index in [0.717, 1.165) is 0 Å². The molecule has 44 heavy (non-hydrogen) atoms. The van der Waals surface area contributed by atoms with Gasteiger partial charge in [0.1, 0.15) is 0 Å². The van der Waals surface area contributed by atoms with Crippen LogP contribution >= 0.6 is 7.26 Å². The summed E-state index contributed by atoms with van der Waals surface area (Å²) in [6.07, 6.45) is 4.29. The zero-order chi connectivity index (χ0) is 31.3. The van der Waals surface area contributed by atoms with Gasteiger partial charge in [0.15, 0.2) is 0 Å². The third-order valence-electron chi connectivity index (χ3n) is 8.01. The van der Waals surface area contributed by atoms with Gasteiger partial charge in [-0.25, -0.2) is 0 Å². The van der Waals surface area contributed by atoms with Crippen LogP contribution in [0, 0.1) is 0 Å². The Morgan fingerprint density at radius 2 is 1.50 bits per heavy atom. The number of hydrogen-bond acceptors (Lipinski definition) is 6. The molecule has 0 spiro atoms. The zero-order valence-corrected chi connectivity index (χ0v) is 26.3. The van der Waals surface area contributed by atoms with Crippen LogP contribution in [0.1, 0.15) is 6.42 Å². The second-order valence-corrected chi connectivity index (χ2v) is 15.4. The summed E-state index contributed by atoms with van der Waals surface area (Å²) in [5.74, 6) is 1.94. The number of hydroxylamine groups is 2. The van der Waals surface area contributed by atoms with Crippen molar-refractivity contribution in [2.75, 3.05) is 33.9 Å². The van der Waals surface area contributed by atoms with Gasteiger partial charge in [0, 0.05) is 0 Å². The number of fused-ring (bicyclic) bond motifs is 2. The first-order valence-corrected chi connectivity index (χ1v) is 17.7. The molecule has 2 aliphatic heterocycles. The molecule has 5 rings (SSSR count). The van der Waals surface area contributed by atoms with Crippen LogP contribution in [0.5, 0.6) is 0 Å². The summed E-state index contributed by atoms with van der Waals surface area (Å²) in [4.78, 5) is 29.5. The number of likely N-dealkylation sites (N-methyl/N-ethyl adjacent to an activating group) is 1. The monoisotopic (exact) mass is 637 g/mol.